The molecule has 1 N–H and O–H groups in total. The molecule has 0 radical (unpaired) electrons. The highest BCUT2D eigenvalue weighted by Crippen LogP contribution is 2.22. The highest BCUT2D eigenvalue weighted by Gasteiger charge is 2.25. The molecule has 3 aromatic rings. The minimum absolute atomic E-state index is 0.0652. The predicted octanol–water partition coefficient (Wildman–Crippen LogP) is 5.48. The monoisotopic (exact) mass is 572 g/mol. The second-order valence-electron chi connectivity index (χ2n) is 8.18. The van der Waals surface area contributed by atoms with E-state index in [4.69, 9.17) is 37.8 Å². The van der Waals surface area contributed by atoms with E-state index >= 15 is 0 Å². The third-order valence-electron chi connectivity index (χ3n) is 5.27. The predicted molar refractivity (Wildman–Crippen MR) is 138 cm³/mol. The molecule has 0 amide bonds. The Labute approximate surface area is 227 Å². The molecule has 0 aliphatic heterocycles. The van der Waals surface area contributed by atoms with E-state index in [2.05, 4.69) is 4.90 Å². The first-order chi connectivity index (χ1) is 17.8. The fourth-order valence-electron chi connectivity index (χ4n) is 3.48. The van der Waals surface area contributed by atoms with Crippen molar-refractivity contribution >= 4 is 35.5 Å². The Balaban J connectivity index is 0.000000757. The summed E-state index contributed by atoms with van der Waals surface area (Å²) in [5.41, 5.74) is 2.58. The van der Waals surface area contributed by atoms with Gasteiger partial charge in [-0.2, -0.15) is 13.2 Å². The Bertz CT molecular complexity index is 1310. The minimum atomic E-state index is -4.64. The first-order valence-electron chi connectivity index (χ1n) is 11.1. The lowest BCUT2D eigenvalue weighted by molar-refractivity contribution is -0.156. The molecule has 2 aromatic carbocycles. The number of benzene rings is 2. The van der Waals surface area contributed by atoms with Crippen molar-refractivity contribution < 1.29 is 32.6 Å². The van der Waals surface area contributed by atoms with Gasteiger partial charge in [-0.05, 0) is 54.9 Å². The number of carboxylic acid groups (broad SMARTS) is 1. The number of hydrogen-bond donors (Lipinski definition) is 1. The molecule has 1 heterocycles. The van der Waals surface area contributed by atoms with Crippen LogP contribution in [0.25, 0.3) is 0 Å². The number of carboxylic acids is 1. The molecule has 0 saturated heterocycles. The van der Waals surface area contributed by atoms with E-state index in [1.807, 2.05) is 31.3 Å². The molecule has 204 valence electrons. The molecule has 0 bridgehead atoms. The molecular formula is C26H25Cl2F3N2O5. The lowest BCUT2D eigenvalue weighted by atomic mass is 10.1. The number of methoxy groups -OCH3 is 1. The van der Waals surface area contributed by atoms with Crippen LogP contribution in [0, 0.1) is 0 Å². The van der Waals surface area contributed by atoms with Crippen molar-refractivity contribution in [3.63, 3.8) is 0 Å². The average Bonchev–Trinajstić information content (AvgIpc) is 2.87. The first-order valence-corrected chi connectivity index (χ1v) is 11.8. The van der Waals surface area contributed by atoms with Gasteiger partial charge < -0.3 is 14.4 Å². The highest BCUT2D eigenvalue weighted by molar-refractivity contribution is 6.34. The van der Waals surface area contributed by atoms with Gasteiger partial charge in [-0.1, -0.05) is 47.5 Å². The number of nitrogens with zero attached hydrogens (tertiary/aromatic N) is 2. The van der Waals surface area contributed by atoms with Crippen LogP contribution in [0.1, 0.15) is 27.2 Å². The standard InChI is InChI=1S/C24H24Cl2N2O4.C2HF3O/c1-27(14-17-4-3-5-19(12-17)32-2)15-22-20(25)13-21(26)23(29)28(22)11-10-16-6-8-18(9-7-16)24(30)31;3-2(4,5)1-6/h3-9,12-13H,10-11,14-15H2,1-2H3,(H,30,31);1H. The summed E-state index contributed by atoms with van der Waals surface area (Å²) in [5.74, 6) is -0.193. The number of carbonyl (C=O) groups excluding carboxylic acids is 1. The number of rotatable bonds is 9. The van der Waals surface area contributed by atoms with Gasteiger partial charge in [0.05, 0.1) is 23.4 Å². The number of halogens is 5. The molecule has 0 aliphatic carbocycles. The number of ether oxygens (including phenoxy) is 1. The van der Waals surface area contributed by atoms with Crippen molar-refractivity contribution in [2.75, 3.05) is 14.2 Å². The number of carbonyl (C=O) groups is 2. The molecule has 0 saturated carbocycles. The van der Waals surface area contributed by atoms with Gasteiger partial charge in [0.1, 0.15) is 10.8 Å². The van der Waals surface area contributed by atoms with Crippen LogP contribution in [-0.4, -0.2) is 47.2 Å². The molecule has 7 nitrogen and oxygen atoms in total. The summed E-state index contributed by atoms with van der Waals surface area (Å²) < 4.78 is 38.1. The van der Waals surface area contributed by atoms with Gasteiger partial charge in [0.2, 0.25) is 6.29 Å². The number of aldehydes is 1. The van der Waals surface area contributed by atoms with E-state index in [0.717, 1.165) is 16.9 Å². The molecule has 3 rings (SSSR count). The zero-order chi connectivity index (χ0) is 28.5. The van der Waals surface area contributed by atoms with Gasteiger partial charge in [-0.25, -0.2) is 4.79 Å². The summed E-state index contributed by atoms with van der Waals surface area (Å²) in [5, 5.41) is 9.54. The number of alkyl halides is 3. The highest BCUT2D eigenvalue weighted by atomic mass is 35.5. The van der Waals surface area contributed by atoms with Crippen LogP contribution in [0.4, 0.5) is 13.2 Å². The Kier molecular flexibility index (Phi) is 11.4. The quantitative estimate of drug-likeness (QED) is 0.341. The normalized spacial score (nSPS) is 11.1. The third-order valence-corrected chi connectivity index (χ3v) is 5.87. The van der Waals surface area contributed by atoms with E-state index < -0.39 is 18.4 Å². The summed E-state index contributed by atoms with van der Waals surface area (Å²) >= 11 is 12.6. The van der Waals surface area contributed by atoms with Crippen molar-refractivity contribution in [3.8, 4) is 5.75 Å². The summed E-state index contributed by atoms with van der Waals surface area (Å²) in [4.78, 5) is 34.6. The van der Waals surface area contributed by atoms with Crippen molar-refractivity contribution in [3.05, 3.63) is 97.4 Å². The molecular weight excluding hydrogens is 548 g/mol. The largest absolute Gasteiger partial charge is 0.497 e. The van der Waals surface area contributed by atoms with Gasteiger partial charge in [0, 0.05) is 19.6 Å². The number of pyridine rings is 1. The first kappa shape index (κ1) is 30.9. The van der Waals surface area contributed by atoms with Crippen molar-refractivity contribution in [2.45, 2.75) is 32.2 Å². The molecule has 1 aromatic heterocycles. The number of aryl methyl sites for hydroxylation is 1. The molecule has 0 spiro atoms. The average molecular weight is 573 g/mol. The number of hydrogen-bond acceptors (Lipinski definition) is 5. The fraction of sp³-hybridized carbons (Fsp3) is 0.269. The zero-order valence-electron chi connectivity index (χ0n) is 20.5. The van der Waals surface area contributed by atoms with Gasteiger partial charge in [0.25, 0.3) is 5.56 Å². The molecule has 0 aliphatic rings. The van der Waals surface area contributed by atoms with Gasteiger partial charge in [0.15, 0.2) is 0 Å². The SMILES string of the molecule is COc1cccc(CN(C)Cc2c(Cl)cc(Cl)c(=O)n2CCc2ccc(C(=O)O)cc2)c1.O=CC(F)(F)F. The van der Waals surface area contributed by atoms with Crippen molar-refractivity contribution in [2.24, 2.45) is 0 Å². The van der Waals surface area contributed by atoms with Crippen LogP contribution >= 0.6 is 23.2 Å². The second kappa shape index (κ2) is 14.0. The van der Waals surface area contributed by atoms with Crippen LogP contribution in [0.5, 0.6) is 5.75 Å². The van der Waals surface area contributed by atoms with Gasteiger partial charge >= 0.3 is 12.1 Å². The Hall–Kier alpha value is -3.34. The minimum Gasteiger partial charge on any atom is -0.497 e. The summed E-state index contributed by atoms with van der Waals surface area (Å²) in [6.45, 7) is 1.45. The zero-order valence-corrected chi connectivity index (χ0v) is 22.0. The summed E-state index contributed by atoms with van der Waals surface area (Å²) in [6, 6.07) is 15.9. The van der Waals surface area contributed by atoms with E-state index in [1.54, 1.807) is 35.9 Å². The van der Waals surface area contributed by atoms with E-state index in [0.29, 0.717) is 36.8 Å². The Morgan fingerprint density at radius 1 is 1.05 bits per heavy atom. The van der Waals surface area contributed by atoms with Crippen LogP contribution in [0.2, 0.25) is 10.0 Å². The topological polar surface area (TPSA) is 88.8 Å². The molecule has 0 atom stereocenters. The van der Waals surface area contributed by atoms with E-state index in [9.17, 15) is 22.8 Å². The van der Waals surface area contributed by atoms with Crippen LogP contribution in [0.15, 0.2) is 59.4 Å². The maximum atomic E-state index is 12.8. The van der Waals surface area contributed by atoms with Crippen LogP contribution in [-0.2, 0) is 30.8 Å². The van der Waals surface area contributed by atoms with Gasteiger partial charge in [-0.15, -0.1) is 0 Å². The lowest BCUT2D eigenvalue weighted by Crippen LogP contribution is -2.29. The Morgan fingerprint density at radius 3 is 2.24 bits per heavy atom. The molecule has 0 unspecified atom stereocenters. The van der Waals surface area contributed by atoms with Crippen LogP contribution in [0.3, 0.4) is 0 Å². The summed E-state index contributed by atoms with van der Waals surface area (Å²) in [6.07, 6.45) is -5.17. The third kappa shape index (κ3) is 9.51. The van der Waals surface area contributed by atoms with E-state index in [-0.39, 0.29) is 16.1 Å². The van der Waals surface area contributed by atoms with Gasteiger partial charge in [-0.3, -0.25) is 14.5 Å². The Morgan fingerprint density at radius 2 is 1.68 bits per heavy atom. The smallest absolute Gasteiger partial charge is 0.446 e. The number of aromatic nitrogens is 1. The molecule has 0 fully saturated rings. The second-order valence-corrected chi connectivity index (χ2v) is 8.99. The maximum absolute atomic E-state index is 12.8. The summed E-state index contributed by atoms with van der Waals surface area (Å²) in [7, 11) is 3.58. The molecule has 38 heavy (non-hydrogen) atoms. The number of aromatic carboxylic acids is 1. The van der Waals surface area contributed by atoms with E-state index in [1.165, 1.54) is 6.07 Å². The van der Waals surface area contributed by atoms with Crippen molar-refractivity contribution in [1.82, 2.24) is 9.47 Å². The maximum Gasteiger partial charge on any atom is 0.446 e. The lowest BCUT2D eigenvalue weighted by Gasteiger charge is -2.22. The fourth-order valence-corrected chi connectivity index (χ4v) is 4.02. The van der Waals surface area contributed by atoms with Crippen molar-refractivity contribution in [1.29, 1.82) is 0 Å². The van der Waals surface area contributed by atoms with Crippen LogP contribution < -0.4 is 10.3 Å². The molecule has 12 heteroatoms.